The molecule has 5 nitrogen and oxygen atoms in total. The summed E-state index contributed by atoms with van der Waals surface area (Å²) in [5, 5.41) is 13.8. The van der Waals surface area contributed by atoms with Crippen LogP contribution in [0.2, 0.25) is 0 Å². The van der Waals surface area contributed by atoms with Crippen molar-refractivity contribution in [3.05, 3.63) is 23.8 Å². The number of benzene rings is 1. The number of hydrogen-bond donors (Lipinski definition) is 2. The van der Waals surface area contributed by atoms with Crippen molar-refractivity contribution >= 4 is 17.7 Å². The van der Waals surface area contributed by atoms with E-state index in [1.165, 1.54) is 0 Å². The topological polar surface area (TPSA) is 61.8 Å². The molecule has 1 aromatic carbocycles. The van der Waals surface area contributed by atoms with Gasteiger partial charge in [-0.15, -0.1) is 0 Å². The molecule has 0 spiro atoms. The maximum absolute atomic E-state index is 12.7. The van der Waals surface area contributed by atoms with Crippen molar-refractivity contribution < 1.29 is 23.4 Å². The molecule has 2 aliphatic heterocycles. The van der Waals surface area contributed by atoms with E-state index in [1.54, 1.807) is 36.9 Å². The van der Waals surface area contributed by atoms with E-state index in [2.05, 4.69) is 5.32 Å². The Balaban J connectivity index is 2.04. The molecule has 1 saturated heterocycles. The van der Waals surface area contributed by atoms with Crippen LogP contribution in [0.5, 0.6) is 5.75 Å². The Morgan fingerprint density at radius 2 is 2.21 bits per heavy atom. The summed E-state index contributed by atoms with van der Waals surface area (Å²) < 4.78 is 31.2. The van der Waals surface area contributed by atoms with Crippen molar-refractivity contribution in [1.82, 2.24) is 10.2 Å². The second-order valence-corrected chi connectivity index (χ2v) is 7.50. The first-order chi connectivity index (χ1) is 11.3. The lowest BCUT2D eigenvalue weighted by atomic mass is 9.85. The zero-order valence-corrected chi connectivity index (χ0v) is 14.3. The zero-order chi connectivity index (χ0) is 17.5. The Labute approximate surface area is 143 Å². The van der Waals surface area contributed by atoms with E-state index in [9.17, 15) is 18.7 Å². The average molecular weight is 358 g/mol. The maximum Gasteiger partial charge on any atom is 0.288 e. The highest BCUT2D eigenvalue weighted by molar-refractivity contribution is 7.99. The number of nitrogens with one attached hydrogen (secondary N) is 1. The smallest absolute Gasteiger partial charge is 0.288 e. The van der Waals surface area contributed by atoms with Crippen LogP contribution >= 0.6 is 11.8 Å². The van der Waals surface area contributed by atoms with Gasteiger partial charge in [-0.2, -0.15) is 8.78 Å². The first-order valence-electron chi connectivity index (χ1n) is 7.75. The highest BCUT2D eigenvalue weighted by Crippen LogP contribution is 2.44. The molecule has 0 radical (unpaired) electrons. The molecule has 8 heteroatoms. The largest absolute Gasteiger partial charge is 0.485 e. The van der Waals surface area contributed by atoms with Gasteiger partial charge in [0.15, 0.2) is 0 Å². The molecule has 0 saturated carbocycles. The van der Waals surface area contributed by atoms with Crippen LogP contribution in [0.15, 0.2) is 23.1 Å². The number of nitrogens with zero attached hydrogens (tertiary/aromatic N) is 1. The fourth-order valence-electron chi connectivity index (χ4n) is 3.17. The number of thioether (sulfide) groups is 1. The van der Waals surface area contributed by atoms with Gasteiger partial charge in [-0.1, -0.05) is 11.8 Å². The van der Waals surface area contributed by atoms with Crippen molar-refractivity contribution in [1.29, 1.82) is 0 Å². The number of amides is 1. The summed E-state index contributed by atoms with van der Waals surface area (Å²) in [5.74, 6) is -2.14. The molecule has 1 aromatic rings. The Bertz CT molecular complexity index is 642. The monoisotopic (exact) mass is 358 g/mol. The number of halogens is 2. The summed E-state index contributed by atoms with van der Waals surface area (Å²) in [5.41, 5.74) is -0.317. The number of ether oxygens (including phenoxy) is 1. The quantitative estimate of drug-likeness (QED) is 0.810. The summed E-state index contributed by atoms with van der Waals surface area (Å²) >= 11 is 0.436. The number of piperazine rings is 1. The van der Waals surface area contributed by atoms with Crippen molar-refractivity contribution in [2.75, 3.05) is 19.6 Å². The van der Waals surface area contributed by atoms with Gasteiger partial charge in [0.05, 0.1) is 12.6 Å². The maximum atomic E-state index is 12.7. The highest BCUT2D eigenvalue weighted by Gasteiger charge is 2.47. The Morgan fingerprint density at radius 3 is 2.88 bits per heavy atom. The van der Waals surface area contributed by atoms with E-state index >= 15 is 0 Å². The van der Waals surface area contributed by atoms with Crippen molar-refractivity contribution in [2.24, 2.45) is 0 Å². The van der Waals surface area contributed by atoms with Gasteiger partial charge in [0, 0.05) is 23.5 Å². The Hall–Kier alpha value is -1.38. The standard InChI is InChI=1S/C16H20F2N2O3S/c1-16(2)14(22)13(20-6-5-19-8-12(20)21)10-7-9(24-15(17)18)3-4-11(10)23-16/h3-4,7,13-15,19,22H,5-6,8H2,1-2H3. The first-order valence-corrected chi connectivity index (χ1v) is 8.63. The van der Waals surface area contributed by atoms with E-state index in [4.69, 9.17) is 4.74 Å². The molecule has 1 amide bonds. The van der Waals surface area contributed by atoms with Crippen LogP contribution in [0.1, 0.15) is 25.5 Å². The molecule has 2 heterocycles. The van der Waals surface area contributed by atoms with Crippen molar-refractivity contribution in [3.63, 3.8) is 0 Å². The van der Waals surface area contributed by atoms with Gasteiger partial charge in [0.1, 0.15) is 17.5 Å². The molecule has 2 N–H and O–H groups in total. The minimum absolute atomic E-state index is 0.124. The third kappa shape index (κ3) is 3.22. The predicted molar refractivity (Wildman–Crippen MR) is 86.3 cm³/mol. The summed E-state index contributed by atoms with van der Waals surface area (Å²) in [7, 11) is 0. The number of alkyl halides is 2. The molecular formula is C16H20F2N2O3S. The van der Waals surface area contributed by atoms with Crippen LogP contribution < -0.4 is 10.1 Å². The molecule has 3 rings (SSSR count). The summed E-state index contributed by atoms with van der Waals surface area (Å²) in [6, 6.07) is 4.18. The fraction of sp³-hybridized carbons (Fsp3) is 0.562. The van der Waals surface area contributed by atoms with Crippen LogP contribution in [-0.2, 0) is 4.79 Å². The molecule has 2 unspecified atom stereocenters. The van der Waals surface area contributed by atoms with E-state index < -0.39 is 23.5 Å². The van der Waals surface area contributed by atoms with Crippen LogP contribution in [0, 0.1) is 0 Å². The Kier molecular flexibility index (Phi) is 4.72. The van der Waals surface area contributed by atoms with E-state index in [0.29, 0.717) is 41.1 Å². The van der Waals surface area contributed by atoms with E-state index in [1.807, 2.05) is 0 Å². The number of carbonyl (C=O) groups excluding carboxylic acids is 1. The second kappa shape index (κ2) is 6.50. The fourth-order valence-corrected chi connectivity index (χ4v) is 3.72. The lowest BCUT2D eigenvalue weighted by Crippen LogP contribution is -2.58. The van der Waals surface area contributed by atoms with Gasteiger partial charge in [0.2, 0.25) is 5.91 Å². The summed E-state index contributed by atoms with van der Waals surface area (Å²) in [6.07, 6.45) is -0.959. The second-order valence-electron chi connectivity index (χ2n) is 6.44. The number of rotatable bonds is 3. The number of fused-ring (bicyclic) bond motifs is 1. The molecule has 0 aromatic heterocycles. The molecule has 2 atom stereocenters. The number of aliphatic hydroxyl groups excluding tert-OH is 1. The van der Waals surface area contributed by atoms with Gasteiger partial charge in [0.25, 0.3) is 5.76 Å². The zero-order valence-electron chi connectivity index (χ0n) is 13.5. The third-order valence-electron chi connectivity index (χ3n) is 4.37. The minimum Gasteiger partial charge on any atom is -0.485 e. The van der Waals surface area contributed by atoms with E-state index in [0.717, 1.165) is 0 Å². The Morgan fingerprint density at radius 1 is 1.46 bits per heavy atom. The normalized spacial score (nSPS) is 26.2. The van der Waals surface area contributed by atoms with Crippen molar-refractivity contribution in [3.8, 4) is 5.75 Å². The SMILES string of the molecule is CC1(C)Oc2ccc(SC(F)F)cc2C(N2CCNCC2=O)C1O. The number of aliphatic hydroxyl groups is 1. The summed E-state index contributed by atoms with van der Waals surface area (Å²) in [4.78, 5) is 14.3. The molecule has 0 aliphatic carbocycles. The third-order valence-corrected chi connectivity index (χ3v) is 5.08. The van der Waals surface area contributed by atoms with Crippen LogP contribution in [0.4, 0.5) is 8.78 Å². The number of carbonyl (C=O) groups is 1. The van der Waals surface area contributed by atoms with Gasteiger partial charge >= 0.3 is 0 Å². The highest BCUT2D eigenvalue weighted by atomic mass is 32.2. The first kappa shape index (κ1) is 17.4. The lowest BCUT2D eigenvalue weighted by Gasteiger charge is -2.47. The minimum atomic E-state index is -2.53. The van der Waals surface area contributed by atoms with Gasteiger partial charge in [-0.05, 0) is 32.0 Å². The molecule has 1 fully saturated rings. The van der Waals surface area contributed by atoms with Crippen LogP contribution in [0.25, 0.3) is 0 Å². The van der Waals surface area contributed by atoms with E-state index in [-0.39, 0.29) is 12.5 Å². The molecule has 0 bridgehead atoms. The lowest BCUT2D eigenvalue weighted by molar-refractivity contribution is -0.145. The van der Waals surface area contributed by atoms with Gasteiger partial charge < -0.3 is 20.1 Å². The van der Waals surface area contributed by atoms with Gasteiger partial charge in [-0.25, -0.2) is 0 Å². The van der Waals surface area contributed by atoms with Crippen molar-refractivity contribution in [2.45, 2.75) is 42.2 Å². The number of hydrogen-bond acceptors (Lipinski definition) is 5. The predicted octanol–water partition coefficient (Wildman–Crippen LogP) is 2.01. The summed E-state index contributed by atoms with van der Waals surface area (Å²) in [6.45, 7) is 4.77. The average Bonchev–Trinajstić information content (AvgIpc) is 2.50. The van der Waals surface area contributed by atoms with Gasteiger partial charge in [-0.3, -0.25) is 4.79 Å². The van der Waals surface area contributed by atoms with Crippen LogP contribution in [0.3, 0.4) is 0 Å². The molecule has 132 valence electrons. The van der Waals surface area contributed by atoms with Crippen LogP contribution in [-0.4, -0.2) is 53.0 Å². The molecule has 2 aliphatic rings. The molecule has 24 heavy (non-hydrogen) atoms. The molecular weight excluding hydrogens is 338 g/mol.